The summed E-state index contributed by atoms with van der Waals surface area (Å²) in [6, 6.07) is 1.92. The van der Waals surface area contributed by atoms with Gasteiger partial charge in [-0.3, -0.25) is 4.79 Å². The van der Waals surface area contributed by atoms with E-state index >= 15 is 0 Å². The quantitative estimate of drug-likeness (QED) is 0.806. The van der Waals surface area contributed by atoms with Gasteiger partial charge >= 0.3 is 0 Å². The van der Waals surface area contributed by atoms with Crippen molar-refractivity contribution in [2.24, 2.45) is 0 Å². The lowest BCUT2D eigenvalue weighted by atomic mass is 10.3. The largest absolute Gasteiger partial charge is 0.356 e. The van der Waals surface area contributed by atoms with Gasteiger partial charge in [-0.15, -0.1) is 11.6 Å². The zero-order valence-corrected chi connectivity index (χ0v) is 13.5. The molecule has 0 unspecified atom stereocenters. The van der Waals surface area contributed by atoms with Gasteiger partial charge in [-0.25, -0.2) is 9.97 Å². The topological polar surface area (TPSA) is 59.8 Å². The summed E-state index contributed by atoms with van der Waals surface area (Å²) < 4.78 is 2.86. The minimum atomic E-state index is 0.0308. The Morgan fingerprint density at radius 2 is 2.35 bits per heavy atom. The Morgan fingerprint density at radius 3 is 3.05 bits per heavy atom. The summed E-state index contributed by atoms with van der Waals surface area (Å²) >= 11 is 9.20. The highest BCUT2D eigenvalue weighted by atomic mass is 79.9. The average molecular weight is 360 g/mol. The zero-order valence-electron chi connectivity index (χ0n) is 11.2. The van der Waals surface area contributed by atoms with Gasteiger partial charge in [-0.05, 0) is 28.9 Å². The molecule has 0 aromatic carbocycles. The molecule has 0 radical (unpaired) electrons. The van der Waals surface area contributed by atoms with E-state index in [0.29, 0.717) is 31.8 Å². The first-order chi connectivity index (χ1) is 9.65. The summed E-state index contributed by atoms with van der Waals surface area (Å²) in [5.41, 5.74) is 1.60. The molecule has 2 heterocycles. The number of pyridine rings is 1. The fraction of sp³-hybridized carbons (Fsp3) is 0.462. The molecule has 2 aromatic rings. The van der Waals surface area contributed by atoms with Gasteiger partial charge in [0.15, 0.2) is 5.65 Å². The average Bonchev–Trinajstić information content (AvgIpc) is 2.74. The van der Waals surface area contributed by atoms with E-state index in [0.717, 1.165) is 21.5 Å². The lowest BCUT2D eigenvalue weighted by Crippen LogP contribution is -2.24. The maximum absolute atomic E-state index is 11.6. The van der Waals surface area contributed by atoms with Crippen molar-refractivity contribution in [1.29, 1.82) is 0 Å². The van der Waals surface area contributed by atoms with Crippen molar-refractivity contribution in [3.8, 4) is 0 Å². The molecular weight excluding hydrogens is 344 g/mol. The molecule has 2 rings (SSSR count). The van der Waals surface area contributed by atoms with E-state index in [1.807, 2.05) is 17.6 Å². The van der Waals surface area contributed by atoms with Crippen LogP contribution in [-0.2, 0) is 17.8 Å². The van der Waals surface area contributed by atoms with E-state index in [2.05, 4.69) is 31.2 Å². The maximum Gasteiger partial charge on any atom is 0.221 e. The minimum absolute atomic E-state index is 0.0308. The van der Waals surface area contributed by atoms with Crippen LogP contribution in [0.4, 0.5) is 0 Å². The number of hydrogen-bond acceptors (Lipinski definition) is 3. The highest BCUT2D eigenvalue weighted by Gasteiger charge is 2.13. The highest BCUT2D eigenvalue weighted by Crippen LogP contribution is 2.19. The second-order valence-corrected chi connectivity index (χ2v) is 5.61. The molecule has 0 aliphatic heterocycles. The molecule has 108 valence electrons. The summed E-state index contributed by atoms with van der Waals surface area (Å²) in [6.45, 7) is 3.11. The molecule has 1 amide bonds. The van der Waals surface area contributed by atoms with Gasteiger partial charge < -0.3 is 9.88 Å². The molecule has 0 saturated heterocycles. The summed E-state index contributed by atoms with van der Waals surface area (Å²) in [5.74, 6) is 1.39. The number of nitrogens with one attached hydrogen (secondary N) is 1. The Labute approximate surface area is 130 Å². The van der Waals surface area contributed by atoms with Gasteiger partial charge in [-0.2, -0.15) is 0 Å². The predicted octanol–water partition coefficient (Wildman–Crippen LogP) is 2.50. The van der Waals surface area contributed by atoms with Crippen LogP contribution in [0.2, 0.25) is 0 Å². The van der Waals surface area contributed by atoms with Crippen LogP contribution < -0.4 is 5.32 Å². The first-order valence-corrected chi connectivity index (χ1v) is 7.81. The number of rotatable bonds is 6. The van der Waals surface area contributed by atoms with Crippen LogP contribution in [0.5, 0.6) is 0 Å². The van der Waals surface area contributed by atoms with E-state index < -0.39 is 0 Å². The standard InChI is InChI=1S/C13H16BrClN4O/c1-2-16-12(20)4-6-19-11(3-5-15)18-10-7-9(14)8-17-13(10)19/h7-8H,2-6H2,1H3,(H,16,20). The van der Waals surface area contributed by atoms with Crippen LogP contribution in [0.25, 0.3) is 11.2 Å². The van der Waals surface area contributed by atoms with Crippen LogP contribution in [-0.4, -0.2) is 32.9 Å². The maximum atomic E-state index is 11.6. The van der Waals surface area contributed by atoms with E-state index in [-0.39, 0.29) is 5.91 Å². The second kappa shape index (κ2) is 7.04. The van der Waals surface area contributed by atoms with Crippen LogP contribution in [0.1, 0.15) is 19.2 Å². The van der Waals surface area contributed by atoms with Crippen molar-refractivity contribution in [2.45, 2.75) is 26.3 Å². The molecule has 0 aliphatic carbocycles. The lowest BCUT2D eigenvalue weighted by Gasteiger charge is -2.07. The Bertz CT molecular complexity index is 614. The van der Waals surface area contributed by atoms with Crippen molar-refractivity contribution in [2.75, 3.05) is 12.4 Å². The summed E-state index contributed by atoms with van der Waals surface area (Å²) in [6.07, 6.45) is 2.80. The van der Waals surface area contributed by atoms with E-state index in [1.54, 1.807) is 6.20 Å². The van der Waals surface area contributed by atoms with Crippen molar-refractivity contribution in [3.63, 3.8) is 0 Å². The number of imidazole rings is 1. The smallest absolute Gasteiger partial charge is 0.221 e. The van der Waals surface area contributed by atoms with Crippen LogP contribution in [0.15, 0.2) is 16.7 Å². The number of carbonyl (C=O) groups is 1. The van der Waals surface area contributed by atoms with Gasteiger partial charge in [0.1, 0.15) is 11.3 Å². The molecule has 1 N–H and O–H groups in total. The molecule has 0 bridgehead atoms. The molecular formula is C13H16BrClN4O. The minimum Gasteiger partial charge on any atom is -0.356 e. The van der Waals surface area contributed by atoms with Crippen LogP contribution in [0, 0.1) is 0 Å². The second-order valence-electron chi connectivity index (χ2n) is 4.32. The molecule has 0 atom stereocenters. The summed E-state index contributed by atoms with van der Waals surface area (Å²) in [5, 5.41) is 2.79. The molecule has 0 spiro atoms. The summed E-state index contributed by atoms with van der Waals surface area (Å²) in [4.78, 5) is 20.5. The molecule has 0 fully saturated rings. The Balaban J connectivity index is 2.28. The lowest BCUT2D eigenvalue weighted by molar-refractivity contribution is -0.121. The summed E-state index contributed by atoms with van der Waals surface area (Å²) in [7, 11) is 0. The number of aromatic nitrogens is 3. The predicted molar refractivity (Wildman–Crippen MR) is 83.0 cm³/mol. The third-order valence-electron chi connectivity index (χ3n) is 2.89. The molecule has 5 nitrogen and oxygen atoms in total. The van der Waals surface area contributed by atoms with E-state index in [4.69, 9.17) is 11.6 Å². The first-order valence-electron chi connectivity index (χ1n) is 6.49. The number of hydrogen-bond donors (Lipinski definition) is 1. The van der Waals surface area contributed by atoms with Crippen LogP contribution >= 0.6 is 27.5 Å². The number of aryl methyl sites for hydroxylation is 2. The van der Waals surface area contributed by atoms with Gasteiger partial charge in [0, 0.05) is 42.5 Å². The SMILES string of the molecule is CCNC(=O)CCn1c(CCCl)nc2cc(Br)cnc21. The van der Waals surface area contributed by atoms with Crippen molar-refractivity contribution >= 4 is 44.6 Å². The number of carbonyl (C=O) groups excluding carboxylic acids is 1. The third kappa shape index (κ3) is 3.49. The van der Waals surface area contributed by atoms with E-state index in [1.165, 1.54) is 0 Å². The highest BCUT2D eigenvalue weighted by molar-refractivity contribution is 9.10. The molecule has 0 saturated carbocycles. The Morgan fingerprint density at radius 1 is 1.55 bits per heavy atom. The number of fused-ring (bicyclic) bond motifs is 1. The molecule has 2 aromatic heterocycles. The van der Waals surface area contributed by atoms with Gasteiger partial charge in [0.05, 0.1) is 0 Å². The normalized spacial score (nSPS) is 10.9. The van der Waals surface area contributed by atoms with Crippen LogP contribution in [0.3, 0.4) is 0 Å². The van der Waals surface area contributed by atoms with Crippen molar-refractivity contribution < 1.29 is 4.79 Å². The van der Waals surface area contributed by atoms with Gasteiger partial charge in [0.2, 0.25) is 5.91 Å². The Kier molecular flexibility index (Phi) is 5.37. The molecule has 0 aliphatic rings. The van der Waals surface area contributed by atoms with E-state index in [9.17, 15) is 4.79 Å². The molecule has 7 heteroatoms. The van der Waals surface area contributed by atoms with Gasteiger partial charge in [-0.1, -0.05) is 0 Å². The zero-order chi connectivity index (χ0) is 14.5. The first kappa shape index (κ1) is 15.3. The third-order valence-corrected chi connectivity index (χ3v) is 3.51. The fourth-order valence-electron chi connectivity index (χ4n) is 2.04. The Hall–Kier alpha value is -1.14. The number of amides is 1. The van der Waals surface area contributed by atoms with Crippen molar-refractivity contribution in [1.82, 2.24) is 19.9 Å². The monoisotopic (exact) mass is 358 g/mol. The van der Waals surface area contributed by atoms with Gasteiger partial charge in [0.25, 0.3) is 0 Å². The fourth-order valence-corrected chi connectivity index (χ4v) is 2.53. The number of halogens is 2. The molecule has 20 heavy (non-hydrogen) atoms. The number of alkyl halides is 1. The van der Waals surface area contributed by atoms with Crippen molar-refractivity contribution in [3.05, 3.63) is 22.6 Å². The number of nitrogens with zero attached hydrogens (tertiary/aromatic N) is 3.